The molecule has 0 radical (unpaired) electrons. The van der Waals surface area contributed by atoms with E-state index in [1.165, 1.54) is 0 Å². The van der Waals surface area contributed by atoms with Gasteiger partial charge in [-0.15, -0.1) is 0 Å². The van der Waals surface area contributed by atoms with Gasteiger partial charge in [-0.25, -0.2) is 4.98 Å². The van der Waals surface area contributed by atoms with E-state index in [2.05, 4.69) is 10.3 Å². The summed E-state index contributed by atoms with van der Waals surface area (Å²) in [5.74, 6) is -0.401. The molecule has 3 nitrogen and oxygen atoms in total. The van der Waals surface area contributed by atoms with E-state index < -0.39 is 17.8 Å². The molecule has 19 heavy (non-hydrogen) atoms. The first-order valence-corrected chi connectivity index (χ1v) is 5.36. The van der Waals surface area contributed by atoms with Crippen LogP contribution in [0.2, 0.25) is 0 Å². The van der Waals surface area contributed by atoms with Crippen LogP contribution in [0.15, 0.2) is 48.7 Å². The number of carbonyl (C=O) groups excluding carboxylic acids is 1. The van der Waals surface area contributed by atoms with Gasteiger partial charge in [-0.2, -0.15) is 13.2 Å². The second kappa shape index (κ2) is 5.09. The molecule has 0 saturated heterocycles. The van der Waals surface area contributed by atoms with Gasteiger partial charge in [0.1, 0.15) is 5.69 Å². The topological polar surface area (TPSA) is 42.0 Å². The SMILES string of the molecule is O=C(Nc1ccc(C(F)(F)F)nc1)c1ccccc1. The van der Waals surface area contributed by atoms with Crippen molar-refractivity contribution in [2.24, 2.45) is 0 Å². The molecule has 0 atom stereocenters. The molecule has 0 saturated carbocycles. The first-order chi connectivity index (χ1) is 8.97. The van der Waals surface area contributed by atoms with E-state index in [9.17, 15) is 18.0 Å². The first-order valence-electron chi connectivity index (χ1n) is 5.36. The predicted octanol–water partition coefficient (Wildman–Crippen LogP) is 3.35. The van der Waals surface area contributed by atoms with Crippen LogP contribution >= 0.6 is 0 Å². The van der Waals surface area contributed by atoms with Crippen molar-refractivity contribution in [3.8, 4) is 0 Å². The van der Waals surface area contributed by atoms with Crippen molar-refractivity contribution < 1.29 is 18.0 Å². The summed E-state index contributed by atoms with van der Waals surface area (Å²) in [5.41, 5.74) is -0.366. The first kappa shape index (κ1) is 13.1. The van der Waals surface area contributed by atoms with Gasteiger partial charge in [0.05, 0.1) is 11.9 Å². The predicted molar refractivity (Wildman–Crippen MR) is 63.6 cm³/mol. The van der Waals surface area contributed by atoms with Gasteiger partial charge in [0.2, 0.25) is 0 Å². The summed E-state index contributed by atoms with van der Waals surface area (Å²) in [4.78, 5) is 15.0. The fourth-order valence-corrected chi connectivity index (χ4v) is 1.43. The summed E-state index contributed by atoms with van der Waals surface area (Å²) in [6, 6.07) is 10.3. The van der Waals surface area contributed by atoms with E-state index >= 15 is 0 Å². The van der Waals surface area contributed by atoms with Gasteiger partial charge in [0.15, 0.2) is 0 Å². The molecule has 0 aliphatic rings. The fourth-order valence-electron chi connectivity index (χ4n) is 1.43. The number of pyridine rings is 1. The van der Waals surface area contributed by atoms with Gasteiger partial charge in [0.25, 0.3) is 5.91 Å². The Morgan fingerprint density at radius 3 is 2.26 bits per heavy atom. The number of benzene rings is 1. The lowest BCUT2D eigenvalue weighted by atomic mass is 10.2. The molecule has 0 bridgehead atoms. The normalized spacial score (nSPS) is 11.1. The lowest BCUT2D eigenvalue weighted by Crippen LogP contribution is -2.13. The molecule has 1 N–H and O–H groups in total. The molecule has 1 heterocycles. The van der Waals surface area contributed by atoms with Gasteiger partial charge in [-0.1, -0.05) is 18.2 Å². The molecule has 0 unspecified atom stereocenters. The molecule has 0 aliphatic heterocycles. The van der Waals surface area contributed by atoms with Crippen molar-refractivity contribution >= 4 is 11.6 Å². The van der Waals surface area contributed by atoms with Crippen molar-refractivity contribution in [2.45, 2.75) is 6.18 Å². The van der Waals surface area contributed by atoms with E-state index in [-0.39, 0.29) is 5.69 Å². The van der Waals surface area contributed by atoms with Crippen molar-refractivity contribution in [1.29, 1.82) is 0 Å². The van der Waals surface area contributed by atoms with Crippen LogP contribution in [0, 0.1) is 0 Å². The van der Waals surface area contributed by atoms with E-state index in [1.54, 1.807) is 30.3 Å². The summed E-state index contributed by atoms with van der Waals surface area (Å²) in [6.07, 6.45) is -3.51. The number of alkyl halides is 3. The summed E-state index contributed by atoms with van der Waals surface area (Å²) < 4.78 is 36.9. The molecule has 1 aromatic heterocycles. The zero-order valence-electron chi connectivity index (χ0n) is 9.61. The zero-order valence-corrected chi connectivity index (χ0v) is 9.61. The number of carbonyl (C=O) groups is 1. The third-order valence-electron chi connectivity index (χ3n) is 2.35. The lowest BCUT2D eigenvalue weighted by Gasteiger charge is -2.07. The van der Waals surface area contributed by atoms with Crippen molar-refractivity contribution in [2.75, 3.05) is 5.32 Å². The molecule has 1 aromatic carbocycles. The van der Waals surface area contributed by atoms with Crippen LogP contribution < -0.4 is 5.32 Å². The molecule has 2 aromatic rings. The fraction of sp³-hybridized carbons (Fsp3) is 0.0769. The number of aromatic nitrogens is 1. The Kier molecular flexibility index (Phi) is 3.50. The molecule has 0 spiro atoms. The molecule has 2 rings (SSSR count). The Balaban J connectivity index is 2.10. The number of anilines is 1. The summed E-state index contributed by atoms with van der Waals surface area (Å²) in [7, 11) is 0. The average molecular weight is 266 g/mol. The van der Waals surface area contributed by atoms with Crippen LogP contribution in [0.3, 0.4) is 0 Å². The molecule has 6 heteroatoms. The maximum absolute atomic E-state index is 12.3. The monoisotopic (exact) mass is 266 g/mol. The van der Waals surface area contributed by atoms with Crippen LogP contribution in [-0.4, -0.2) is 10.9 Å². The summed E-state index contributed by atoms with van der Waals surface area (Å²) in [6.45, 7) is 0. The minimum atomic E-state index is -4.48. The number of halogens is 3. The molecule has 0 fully saturated rings. The Hall–Kier alpha value is -2.37. The second-order valence-electron chi connectivity index (χ2n) is 3.75. The Morgan fingerprint density at radius 1 is 1.05 bits per heavy atom. The molecule has 98 valence electrons. The minimum Gasteiger partial charge on any atom is -0.321 e. The number of hydrogen-bond donors (Lipinski definition) is 1. The summed E-state index contributed by atoms with van der Waals surface area (Å²) in [5, 5.41) is 2.47. The van der Waals surface area contributed by atoms with Gasteiger partial charge in [-0.3, -0.25) is 4.79 Å². The molecular weight excluding hydrogens is 257 g/mol. The highest BCUT2D eigenvalue weighted by molar-refractivity contribution is 6.04. The van der Waals surface area contributed by atoms with E-state index in [1.807, 2.05) is 0 Å². The quantitative estimate of drug-likeness (QED) is 0.905. The van der Waals surface area contributed by atoms with Gasteiger partial charge in [-0.05, 0) is 24.3 Å². The maximum Gasteiger partial charge on any atom is 0.433 e. The number of nitrogens with zero attached hydrogens (tertiary/aromatic N) is 1. The zero-order chi connectivity index (χ0) is 13.9. The standard InChI is InChI=1S/C13H9F3N2O/c14-13(15,16)11-7-6-10(8-17-11)18-12(19)9-4-2-1-3-5-9/h1-8H,(H,18,19). The Labute approximate surface area is 107 Å². The van der Waals surface area contributed by atoms with E-state index in [0.29, 0.717) is 5.56 Å². The maximum atomic E-state index is 12.3. The third-order valence-corrected chi connectivity index (χ3v) is 2.35. The number of hydrogen-bond acceptors (Lipinski definition) is 2. The second-order valence-corrected chi connectivity index (χ2v) is 3.75. The van der Waals surface area contributed by atoms with Crippen LogP contribution in [-0.2, 0) is 6.18 Å². The van der Waals surface area contributed by atoms with E-state index in [4.69, 9.17) is 0 Å². The van der Waals surface area contributed by atoms with E-state index in [0.717, 1.165) is 18.3 Å². The largest absolute Gasteiger partial charge is 0.433 e. The lowest BCUT2D eigenvalue weighted by molar-refractivity contribution is -0.141. The number of nitrogens with one attached hydrogen (secondary N) is 1. The van der Waals surface area contributed by atoms with Crippen LogP contribution in [0.5, 0.6) is 0 Å². The van der Waals surface area contributed by atoms with Crippen LogP contribution in [0.4, 0.5) is 18.9 Å². The smallest absolute Gasteiger partial charge is 0.321 e. The highest BCUT2D eigenvalue weighted by atomic mass is 19.4. The minimum absolute atomic E-state index is 0.210. The summed E-state index contributed by atoms with van der Waals surface area (Å²) >= 11 is 0. The van der Waals surface area contributed by atoms with Crippen molar-refractivity contribution in [3.05, 3.63) is 59.9 Å². The third kappa shape index (κ3) is 3.31. The molecule has 0 aliphatic carbocycles. The highest BCUT2D eigenvalue weighted by Gasteiger charge is 2.32. The van der Waals surface area contributed by atoms with Crippen LogP contribution in [0.25, 0.3) is 0 Å². The molecule has 1 amide bonds. The Morgan fingerprint density at radius 2 is 1.74 bits per heavy atom. The average Bonchev–Trinajstić information content (AvgIpc) is 2.39. The van der Waals surface area contributed by atoms with Crippen LogP contribution in [0.1, 0.15) is 16.1 Å². The van der Waals surface area contributed by atoms with Crippen molar-refractivity contribution in [1.82, 2.24) is 4.98 Å². The highest BCUT2D eigenvalue weighted by Crippen LogP contribution is 2.27. The van der Waals surface area contributed by atoms with Gasteiger partial charge >= 0.3 is 6.18 Å². The van der Waals surface area contributed by atoms with Crippen molar-refractivity contribution in [3.63, 3.8) is 0 Å². The number of amides is 1. The van der Waals surface area contributed by atoms with Gasteiger partial charge < -0.3 is 5.32 Å². The van der Waals surface area contributed by atoms with Gasteiger partial charge in [0, 0.05) is 5.56 Å². The Bertz CT molecular complexity index is 565. The molecular formula is C13H9F3N2O. The number of rotatable bonds is 2.